The molecular weight excluding hydrogens is 383 g/mol. The maximum Gasteiger partial charge on any atom is 0.276 e. The third-order valence-corrected chi connectivity index (χ3v) is 4.13. The second-order valence-corrected chi connectivity index (χ2v) is 6.19. The van der Waals surface area contributed by atoms with E-state index in [0.29, 0.717) is 10.8 Å². The van der Waals surface area contributed by atoms with Gasteiger partial charge in [-0.3, -0.25) is 20.4 Å². The number of hydrazine groups is 1. The Labute approximate surface area is 166 Å². The molecule has 7 heteroatoms. The van der Waals surface area contributed by atoms with E-state index in [0.717, 1.165) is 17.2 Å². The van der Waals surface area contributed by atoms with Crippen LogP contribution in [0.15, 0.2) is 72.8 Å². The van der Waals surface area contributed by atoms with Crippen molar-refractivity contribution in [1.82, 2.24) is 10.9 Å². The summed E-state index contributed by atoms with van der Waals surface area (Å²) >= 11 is 6.22. The van der Waals surface area contributed by atoms with Gasteiger partial charge in [-0.15, -0.1) is 0 Å². The van der Waals surface area contributed by atoms with Gasteiger partial charge in [0.2, 0.25) is 0 Å². The molecule has 0 aromatic heterocycles. The third-order valence-electron chi connectivity index (χ3n) is 3.83. The summed E-state index contributed by atoms with van der Waals surface area (Å²) in [6.07, 6.45) is 0. The first-order valence-electron chi connectivity index (χ1n) is 8.36. The number of carbonyl (C=O) groups excluding carboxylic acids is 2. The number of halogens is 2. The van der Waals surface area contributed by atoms with Gasteiger partial charge in [-0.2, -0.15) is 0 Å². The van der Waals surface area contributed by atoms with Crippen molar-refractivity contribution in [2.75, 3.05) is 6.61 Å². The second kappa shape index (κ2) is 9.01. The Morgan fingerprint density at radius 2 is 1.61 bits per heavy atom. The zero-order chi connectivity index (χ0) is 19.9. The van der Waals surface area contributed by atoms with Crippen molar-refractivity contribution < 1.29 is 18.7 Å². The van der Waals surface area contributed by atoms with Crippen LogP contribution < -0.4 is 15.6 Å². The Hall–Kier alpha value is -3.38. The van der Waals surface area contributed by atoms with E-state index in [1.54, 1.807) is 12.1 Å². The molecule has 0 saturated carbocycles. The predicted octanol–water partition coefficient (Wildman–Crippen LogP) is 3.99. The van der Waals surface area contributed by atoms with Gasteiger partial charge in [0.1, 0.15) is 11.6 Å². The lowest BCUT2D eigenvalue weighted by atomic mass is 10.1. The van der Waals surface area contributed by atoms with Crippen molar-refractivity contribution in [3.63, 3.8) is 0 Å². The van der Waals surface area contributed by atoms with Gasteiger partial charge in [0, 0.05) is 0 Å². The van der Waals surface area contributed by atoms with Crippen LogP contribution in [0, 0.1) is 5.82 Å². The number of benzene rings is 3. The summed E-state index contributed by atoms with van der Waals surface area (Å²) < 4.78 is 18.9. The van der Waals surface area contributed by atoms with Crippen molar-refractivity contribution in [2.45, 2.75) is 0 Å². The fourth-order valence-electron chi connectivity index (χ4n) is 2.45. The Kier molecular flexibility index (Phi) is 6.24. The van der Waals surface area contributed by atoms with Gasteiger partial charge >= 0.3 is 0 Å². The summed E-state index contributed by atoms with van der Waals surface area (Å²) in [6.45, 7) is -0.373. The van der Waals surface area contributed by atoms with Crippen LogP contribution in [0.2, 0.25) is 5.02 Å². The highest BCUT2D eigenvalue weighted by molar-refractivity contribution is 6.32. The highest BCUT2D eigenvalue weighted by atomic mass is 35.5. The maximum absolute atomic E-state index is 13.5. The fraction of sp³-hybridized carbons (Fsp3) is 0.0476. The summed E-state index contributed by atoms with van der Waals surface area (Å²) in [6, 6.07) is 20.4. The molecule has 2 amide bonds. The number of carbonyl (C=O) groups is 2. The smallest absolute Gasteiger partial charge is 0.276 e. The first-order chi connectivity index (χ1) is 13.5. The van der Waals surface area contributed by atoms with Crippen LogP contribution in [-0.2, 0) is 4.79 Å². The summed E-state index contributed by atoms with van der Waals surface area (Å²) in [5, 5.41) is 0.351. The van der Waals surface area contributed by atoms with E-state index < -0.39 is 17.6 Å². The van der Waals surface area contributed by atoms with Crippen LogP contribution in [0.3, 0.4) is 0 Å². The molecule has 0 radical (unpaired) electrons. The van der Waals surface area contributed by atoms with Crippen molar-refractivity contribution >= 4 is 23.4 Å². The van der Waals surface area contributed by atoms with Crippen LogP contribution in [0.1, 0.15) is 10.4 Å². The van der Waals surface area contributed by atoms with Crippen LogP contribution in [0.5, 0.6) is 5.75 Å². The van der Waals surface area contributed by atoms with E-state index in [4.69, 9.17) is 16.3 Å². The number of hydrogen-bond acceptors (Lipinski definition) is 3. The molecule has 2 N–H and O–H groups in total. The zero-order valence-corrected chi connectivity index (χ0v) is 15.4. The molecule has 0 spiro atoms. The molecule has 3 rings (SSSR count). The average molecular weight is 399 g/mol. The first-order valence-corrected chi connectivity index (χ1v) is 8.74. The first kappa shape index (κ1) is 19.4. The number of amides is 2. The monoisotopic (exact) mass is 398 g/mol. The molecule has 0 saturated heterocycles. The van der Waals surface area contributed by atoms with Gasteiger partial charge in [0.15, 0.2) is 6.61 Å². The summed E-state index contributed by atoms with van der Waals surface area (Å²) in [7, 11) is 0. The standard InChI is InChI=1S/C21H16ClFN2O3/c22-17-12-15(14-6-2-1-3-7-14)10-11-19(17)28-13-20(26)24-25-21(27)16-8-4-5-9-18(16)23/h1-12H,13H2,(H,24,26)(H,25,27). The zero-order valence-electron chi connectivity index (χ0n) is 14.6. The average Bonchev–Trinajstić information content (AvgIpc) is 2.72. The molecule has 0 heterocycles. The van der Waals surface area contributed by atoms with Gasteiger partial charge in [-0.1, -0.05) is 60.1 Å². The van der Waals surface area contributed by atoms with Crippen LogP contribution in [0.4, 0.5) is 4.39 Å². The Balaban J connectivity index is 1.53. The lowest BCUT2D eigenvalue weighted by molar-refractivity contribution is -0.123. The molecule has 0 aliphatic carbocycles. The quantitative estimate of drug-likeness (QED) is 0.639. The minimum absolute atomic E-state index is 0.178. The highest BCUT2D eigenvalue weighted by Crippen LogP contribution is 2.30. The topological polar surface area (TPSA) is 67.4 Å². The predicted molar refractivity (Wildman–Crippen MR) is 104 cm³/mol. The molecule has 0 atom stereocenters. The summed E-state index contributed by atoms with van der Waals surface area (Å²) in [5.41, 5.74) is 6.03. The maximum atomic E-state index is 13.5. The highest BCUT2D eigenvalue weighted by Gasteiger charge is 2.12. The number of ether oxygens (including phenoxy) is 1. The normalized spacial score (nSPS) is 10.2. The van der Waals surface area contributed by atoms with E-state index in [2.05, 4.69) is 10.9 Å². The van der Waals surface area contributed by atoms with Crippen molar-refractivity contribution in [2.24, 2.45) is 0 Å². The third kappa shape index (κ3) is 4.86. The molecular formula is C21H16ClFN2O3. The Morgan fingerprint density at radius 1 is 0.893 bits per heavy atom. The van der Waals surface area contributed by atoms with Crippen molar-refractivity contribution in [1.29, 1.82) is 0 Å². The van der Waals surface area contributed by atoms with E-state index in [1.807, 2.05) is 36.4 Å². The van der Waals surface area contributed by atoms with Crippen molar-refractivity contribution in [3.8, 4) is 16.9 Å². The summed E-state index contributed by atoms with van der Waals surface area (Å²) in [4.78, 5) is 23.7. The SMILES string of the molecule is O=C(COc1ccc(-c2ccccc2)cc1Cl)NNC(=O)c1ccccc1F. The summed E-state index contributed by atoms with van der Waals surface area (Å²) in [5.74, 6) is -1.74. The van der Waals surface area contributed by atoms with Crippen LogP contribution in [-0.4, -0.2) is 18.4 Å². The van der Waals surface area contributed by atoms with Gasteiger partial charge in [0.25, 0.3) is 11.8 Å². The molecule has 3 aromatic rings. The fourth-order valence-corrected chi connectivity index (χ4v) is 2.68. The van der Waals surface area contributed by atoms with E-state index in [-0.39, 0.29) is 12.2 Å². The minimum atomic E-state index is -0.767. The van der Waals surface area contributed by atoms with Gasteiger partial charge < -0.3 is 4.74 Å². The number of nitrogens with one attached hydrogen (secondary N) is 2. The molecule has 5 nitrogen and oxygen atoms in total. The molecule has 28 heavy (non-hydrogen) atoms. The Morgan fingerprint density at radius 3 is 2.32 bits per heavy atom. The van der Waals surface area contributed by atoms with E-state index in [1.165, 1.54) is 18.2 Å². The van der Waals surface area contributed by atoms with Gasteiger partial charge in [-0.05, 0) is 35.4 Å². The molecule has 3 aromatic carbocycles. The van der Waals surface area contributed by atoms with Gasteiger partial charge in [-0.25, -0.2) is 4.39 Å². The molecule has 0 aliphatic rings. The number of hydrogen-bond donors (Lipinski definition) is 2. The van der Waals surface area contributed by atoms with E-state index >= 15 is 0 Å². The molecule has 0 fully saturated rings. The lowest BCUT2D eigenvalue weighted by Gasteiger charge is -2.11. The van der Waals surface area contributed by atoms with Crippen molar-refractivity contribution in [3.05, 3.63) is 89.2 Å². The van der Waals surface area contributed by atoms with Crippen LogP contribution in [0.25, 0.3) is 11.1 Å². The van der Waals surface area contributed by atoms with E-state index in [9.17, 15) is 14.0 Å². The van der Waals surface area contributed by atoms with Gasteiger partial charge in [0.05, 0.1) is 10.6 Å². The molecule has 0 unspecified atom stereocenters. The number of rotatable bonds is 5. The Bertz CT molecular complexity index is 996. The minimum Gasteiger partial charge on any atom is -0.482 e. The molecule has 142 valence electrons. The van der Waals surface area contributed by atoms with Crippen LogP contribution >= 0.6 is 11.6 Å². The lowest BCUT2D eigenvalue weighted by Crippen LogP contribution is -2.44. The molecule has 0 aliphatic heterocycles. The molecule has 0 bridgehead atoms. The largest absolute Gasteiger partial charge is 0.482 e. The second-order valence-electron chi connectivity index (χ2n) is 5.78.